The molecule has 2 aromatic rings. The van der Waals surface area contributed by atoms with Crippen LogP contribution in [0.5, 0.6) is 0 Å². The maximum Gasteiger partial charge on any atom is 0.0799 e. The highest BCUT2D eigenvalue weighted by molar-refractivity contribution is 6.89. The molecule has 0 N–H and O–H groups in total. The Labute approximate surface area is 146 Å². The molecule has 3 unspecified atom stereocenters. The van der Waals surface area contributed by atoms with Gasteiger partial charge in [-0.05, 0) is 72.4 Å². The summed E-state index contributed by atoms with van der Waals surface area (Å²) in [6, 6.07) is 6.49. The van der Waals surface area contributed by atoms with Crippen LogP contribution in [-0.2, 0) is 6.42 Å². The number of pyridine rings is 2. The number of hydrogen-bond acceptors (Lipinski definition) is 2. The van der Waals surface area contributed by atoms with Crippen molar-refractivity contribution < 1.29 is 0 Å². The van der Waals surface area contributed by atoms with E-state index in [9.17, 15) is 0 Å². The second kappa shape index (κ2) is 6.11. The molecule has 2 saturated carbocycles. The Morgan fingerprint density at radius 1 is 1.12 bits per heavy atom. The highest BCUT2D eigenvalue weighted by Crippen LogP contribution is 2.49. The van der Waals surface area contributed by atoms with E-state index in [1.54, 1.807) is 10.8 Å². The average molecular weight is 337 g/mol. The Morgan fingerprint density at radius 2 is 2.00 bits per heavy atom. The Morgan fingerprint density at radius 3 is 2.62 bits per heavy atom. The molecule has 3 heteroatoms. The third-order valence-corrected chi connectivity index (χ3v) is 8.19. The highest BCUT2D eigenvalue weighted by Gasteiger charge is 2.39. The van der Waals surface area contributed by atoms with Crippen molar-refractivity contribution >= 4 is 13.3 Å². The molecule has 0 aliphatic heterocycles. The number of rotatable bonds is 4. The number of nitrogens with zero attached hydrogens (tertiary/aromatic N) is 2. The van der Waals surface area contributed by atoms with Gasteiger partial charge in [-0.2, -0.15) is 0 Å². The maximum atomic E-state index is 4.79. The smallest absolute Gasteiger partial charge is 0.0799 e. The van der Waals surface area contributed by atoms with Crippen LogP contribution in [0.1, 0.15) is 31.2 Å². The first-order chi connectivity index (χ1) is 11.5. The van der Waals surface area contributed by atoms with Crippen LogP contribution in [0.4, 0.5) is 0 Å². The lowest BCUT2D eigenvalue weighted by Gasteiger charge is -2.26. The monoisotopic (exact) mass is 336 g/mol. The Bertz CT molecular complexity index is 720. The van der Waals surface area contributed by atoms with Gasteiger partial charge in [-0.1, -0.05) is 26.1 Å². The van der Waals surface area contributed by atoms with E-state index in [0.29, 0.717) is 0 Å². The normalized spacial score (nSPS) is 26.0. The van der Waals surface area contributed by atoms with Gasteiger partial charge in [-0.25, -0.2) is 0 Å². The Balaban J connectivity index is 1.69. The quantitative estimate of drug-likeness (QED) is 0.758. The SMILES string of the molecule is C[Si](C)(C)c1cnc(-c2cccnc2)cc1CC1CC2CCC1C2. The third-order valence-electron chi connectivity index (χ3n) is 6.12. The molecule has 2 aliphatic rings. The minimum absolute atomic E-state index is 0.906. The second-order valence-corrected chi connectivity index (χ2v) is 13.9. The van der Waals surface area contributed by atoms with Crippen molar-refractivity contribution in [1.82, 2.24) is 9.97 Å². The number of aromatic nitrogens is 2. The second-order valence-electron chi connectivity index (χ2n) is 8.86. The molecule has 2 fully saturated rings. The van der Waals surface area contributed by atoms with Crippen molar-refractivity contribution in [3.8, 4) is 11.3 Å². The van der Waals surface area contributed by atoms with Gasteiger partial charge in [0.15, 0.2) is 0 Å². The molecule has 4 rings (SSSR count). The van der Waals surface area contributed by atoms with Crippen LogP contribution in [0.2, 0.25) is 19.6 Å². The summed E-state index contributed by atoms with van der Waals surface area (Å²) in [7, 11) is -1.37. The van der Waals surface area contributed by atoms with Crippen molar-refractivity contribution in [3.63, 3.8) is 0 Å². The van der Waals surface area contributed by atoms with Crippen molar-refractivity contribution in [2.75, 3.05) is 0 Å². The fourth-order valence-corrected chi connectivity index (χ4v) is 6.51. The summed E-state index contributed by atoms with van der Waals surface area (Å²) < 4.78 is 0. The zero-order valence-electron chi connectivity index (χ0n) is 15.1. The number of hydrogen-bond donors (Lipinski definition) is 0. The van der Waals surface area contributed by atoms with Crippen LogP contribution in [0.25, 0.3) is 11.3 Å². The van der Waals surface area contributed by atoms with Crippen LogP contribution in [0.15, 0.2) is 36.8 Å². The average Bonchev–Trinajstić information content (AvgIpc) is 3.17. The largest absolute Gasteiger partial charge is 0.264 e. The molecule has 126 valence electrons. The molecule has 0 amide bonds. The summed E-state index contributed by atoms with van der Waals surface area (Å²) in [5.41, 5.74) is 3.79. The van der Waals surface area contributed by atoms with Crippen LogP contribution in [-0.4, -0.2) is 18.0 Å². The summed E-state index contributed by atoms with van der Waals surface area (Å²) in [6.07, 6.45) is 13.1. The van der Waals surface area contributed by atoms with Crippen molar-refractivity contribution in [2.45, 2.75) is 51.7 Å². The molecule has 0 radical (unpaired) electrons. The Kier molecular flexibility index (Phi) is 4.07. The van der Waals surface area contributed by atoms with E-state index < -0.39 is 8.07 Å². The van der Waals surface area contributed by atoms with Gasteiger partial charge in [0.25, 0.3) is 0 Å². The van der Waals surface area contributed by atoms with Crippen LogP contribution < -0.4 is 5.19 Å². The van der Waals surface area contributed by atoms with E-state index in [-0.39, 0.29) is 0 Å². The van der Waals surface area contributed by atoms with Crippen molar-refractivity contribution in [1.29, 1.82) is 0 Å². The van der Waals surface area contributed by atoms with E-state index in [4.69, 9.17) is 4.98 Å². The zero-order valence-corrected chi connectivity index (χ0v) is 16.1. The molecule has 2 aliphatic carbocycles. The minimum Gasteiger partial charge on any atom is -0.264 e. The topological polar surface area (TPSA) is 25.8 Å². The predicted octanol–water partition coefficient (Wildman–Crippen LogP) is 4.67. The molecule has 24 heavy (non-hydrogen) atoms. The lowest BCUT2D eigenvalue weighted by molar-refractivity contribution is 0.332. The van der Waals surface area contributed by atoms with Gasteiger partial charge in [0.2, 0.25) is 0 Å². The van der Waals surface area contributed by atoms with Gasteiger partial charge in [-0.15, -0.1) is 0 Å². The first kappa shape index (κ1) is 16.0. The molecule has 2 aromatic heterocycles. The van der Waals surface area contributed by atoms with Gasteiger partial charge < -0.3 is 0 Å². The predicted molar refractivity (Wildman–Crippen MR) is 103 cm³/mol. The molecule has 2 nitrogen and oxygen atoms in total. The summed E-state index contributed by atoms with van der Waals surface area (Å²) >= 11 is 0. The van der Waals surface area contributed by atoms with E-state index in [2.05, 4.69) is 43.0 Å². The summed E-state index contributed by atoms with van der Waals surface area (Å²) in [6.45, 7) is 7.33. The lowest BCUT2D eigenvalue weighted by atomic mass is 9.84. The number of fused-ring (bicyclic) bond motifs is 2. The van der Waals surface area contributed by atoms with Crippen molar-refractivity contribution in [2.24, 2.45) is 17.8 Å². The standard InChI is InChI=1S/C21H28N2Si/c1-24(2,3)21-14-23-20(17-5-4-8-22-13-17)12-19(21)11-18-10-15-6-7-16(18)9-15/h4-5,8,12-16,18H,6-7,9-11H2,1-3H3. The van der Waals surface area contributed by atoms with E-state index in [0.717, 1.165) is 29.0 Å². The van der Waals surface area contributed by atoms with Crippen molar-refractivity contribution in [3.05, 3.63) is 42.4 Å². The lowest BCUT2D eigenvalue weighted by Crippen LogP contribution is -2.41. The molecular weight excluding hydrogens is 308 g/mol. The molecule has 0 saturated heterocycles. The summed E-state index contributed by atoms with van der Waals surface area (Å²) in [4.78, 5) is 9.06. The fourth-order valence-electron chi connectivity index (χ4n) is 4.92. The van der Waals surface area contributed by atoms with Crippen LogP contribution in [0.3, 0.4) is 0 Å². The van der Waals surface area contributed by atoms with Gasteiger partial charge in [0.1, 0.15) is 0 Å². The van der Waals surface area contributed by atoms with Gasteiger partial charge in [-0.3, -0.25) is 9.97 Å². The van der Waals surface area contributed by atoms with E-state index >= 15 is 0 Å². The summed E-state index contributed by atoms with van der Waals surface area (Å²) in [5, 5.41) is 1.55. The molecule has 0 spiro atoms. The summed E-state index contributed by atoms with van der Waals surface area (Å²) in [5.74, 6) is 2.91. The van der Waals surface area contributed by atoms with Gasteiger partial charge in [0, 0.05) is 24.2 Å². The Hall–Kier alpha value is -1.48. The molecule has 2 bridgehead atoms. The fraction of sp³-hybridized carbons (Fsp3) is 0.524. The van der Waals surface area contributed by atoms with Crippen LogP contribution >= 0.6 is 0 Å². The van der Waals surface area contributed by atoms with Gasteiger partial charge in [0.05, 0.1) is 13.8 Å². The first-order valence-electron chi connectivity index (χ1n) is 9.40. The maximum absolute atomic E-state index is 4.79. The molecule has 3 atom stereocenters. The minimum atomic E-state index is -1.37. The zero-order chi connectivity index (χ0) is 16.7. The molecule has 2 heterocycles. The molecular formula is C21H28N2Si. The van der Waals surface area contributed by atoms with E-state index in [1.807, 2.05) is 18.5 Å². The third kappa shape index (κ3) is 3.06. The van der Waals surface area contributed by atoms with Crippen LogP contribution in [0, 0.1) is 17.8 Å². The first-order valence-corrected chi connectivity index (χ1v) is 12.9. The molecule has 0 aromatic carbocycles. The van der Waals surface area contributed by atoms with E-state index in [1.165, 1.54) is 32.1 Å². The highest BCUT2D eigenvalue weighted by atomic mass is 28.3. The van der Waals surface area contributed by atoms with Gasteiger partial charge >= 0.3 is 0 Å².